The standard InChI is InChI=1S/C17H30N6O/c1-3-22(16-4-5-16)8-7-19-17(18-2)23-11-9-21(10-12-23)14-15-6-13-24-20-15/h6,13,16H,3-5,7-12,14H2,1-2H3,(H,18,19). The topological polar surface area (TPSA) is 60.1 Å². The molecule has 2 heterocycles. The van der Waals surface area contributed by atoms with E-state index in [2.05, 4.69) is 37.1 Å². The Morgan fingerprint density at radius 1 is 1.38 bits per heavy atom. The van der Waals surface area contributed by atoms with Gasteiger partial charge in [-0.2, -0.15) is 0 Å². The minimum Gasteiger partial charge on any atom is -0.364 e. The van der Waals surface area contributed by atoms with Crippen LogP contribution in [0, 0.1) is 0 Å². The third-order valence-corrected chi connectivity index (χ3v) is 4.91. The van der Waals surface area contributed by atoms with Crippen molar-refractivity contribution in [3.63, 3.8) is 0 Å². The molecule has 1 saturated heterocycles. The average Bonchev–Trinajstić information content (AvgIpc) is 3.33. The van der Waals surface area contributed by atoms with E-state index >= 15 is 0 Å². The van der Waals surface area contributed by atoms with Gasteiger partial charge in [-0.25, -0.2) is 0 Å². The van der Waals surface area contributed by atoms with E-state index in [1.165, 1.54) is 12.8 Å². The quantitative estimate of drug-likeness (QED) is 0.589. The summed E-state index contributed by atoms with van der Waals surface area (Å²) < 4.78 is 4.91. The van der Waals surface area contributed by atoms with Gasteiger partial charge in [-0.1, -0.05) is 12.1 Å². The zero-order chi connectivity index (χ0) is 16.8. The summed E-state index contributed by atoms with van der Waals surface area (Å²) >= 11 is 0. The van der Waals surface area contributed by atoms with E-state index in [1.54, 1.807) is 6.26 Å². The van der Waals surface area contributed by atoms with Crippen molar-refractivity contribution in [2.75, 3.05) is 52.9 Å². The first-order valence-electron chi connectivity index (χ1n) is 9.11. The first-order chi connectivity index (χ1) is 11.8. The molecule has 0 atom stereocenters. The molecular weight excluding hydrogens is 304 g/mol. The van der Waals surface area contributed by atoms with Crippen molar-refractivity contribution in [3.05, 3.63) is 18.0 Å². The Morgan fingerprint density at radius 2 is 2.17 bits per heavy atom. The minimum atomic E-state index is 0.832. The number of piperazine rings is 1. The van der Waals surface area contributed by atoms with Crippen LogP contribution in [0.3, 0.4) is 0 Å². The number of nitrogens with zero attached hydrogens (tertiary/aromatic N) is 5. The molecule has 0 spiro atoms. The molecule has 1 N–H and O–H groups in total. The molecule has 0 bridgehead atoms. The molecule has 1 aliphatic carbocycles. The Bertz CT molecular complexity index is 505. The molecule has 2 fully saturated rings. The number of hydrogen-bond acceptors (Lipinski definition) is 5. The van der Waals surface area contributed by atoms with Crippen LogP contribution in [-0.2, 0) is 6.54 Å². The predicted octanol–water partition coefficient (Wildman–Crippen LogP) is 0.852. The second-order valence-electron chi connectivity index (χ2n) is 6.59. The molecule has 1 saturated carbocycles. The molecule has 0 radical (unpaired) electrons. The van der Waals surface area contributed by atoms with E-state index in [-0.39, 0.29) is 0 Å². The summed E-state index contributed by atoms with van der Waals surface area (Å²) in [6.07, 6.45) is 4.38. The monoisotopic (exact) mass is 334 g/mol. The number of aliphatic imine (C=N–C) groups is 1. The van der Waals surface area contributed by atoms with Gasteiger partial charge in [0.25, 0.3) is 0 Å². The van der Waals surface area contributed by atoms with Gasteiger partial charge in [0, 0.05) is 65.0 Å². The lowest BCUT2D eigenvalue weighted by Crippen LogP contribution is -2.53. The van der Waals surface area contributed by atoms with Crippen molar-refractivity contribution in [2.24, 2.45) is 4.99 Å². The second-order valence-corrected chi connectivity index (χ2v) is 6.59. The Kier molecular flexibility index (Phi) is 6.09. The number of aromatic nitrogens is 1. The molecule has 24 heavy (non-hydrogen) atoms. The van der Waals surface area contributed by atoms with Crippen molar-refractivity contribution in [1.29, 1.82) is 0 Å². The number of hydrogen-bond donors (Lipinski definition) is 1. The Labute approximate surface area is 144 Å². The van der Waals surface area contributed by atoms with Crippen LogP contribution in [0.15, 0.2) is 21.8 Å². The zero-order valence-electron chi connectivity index (χ0n) is 14.9. The molecule has 0 amide bonds. The van der Waals surface area contributed by atoms with Crippen molar-refractivity contribution in [2.45, 2.75) is 32.4 Å². The first kappa shape index (κ1) is 17.2. The van der Waals surface area contributed by atoms with Crippen molar-refractivity contribution >= 4 is 5.96 Å². The average molecular weight is 334 g/mol. The second kappa shape index (κ2) is 8.48. The first-order valence-corrected chi connectivity index (χ1v) is 9.11. The fraction of sp³-hybridized carbons (Fsp3) is 0.765. The highest BCUT2D eigenvalue weighted by atomic mass is 16.5. The molecule has 1 aliphatic heterocycles. The molecule has 1 aromatic rings. The maximum absolute atomic E-state index is 4.91. The summed E-state index contributed by atoms with van der Waals surface area (Å²) in [6.45, 7) is 10.4. The van der Waals surface area contributed by atoms with Gasteiger partial charge in [0.2, 0.25) is 0 Å². The zero-order valence-corrected chi connectivity index (χ0v) is 14.9. The number of rotatable bonds is 7. The van der Waals surface area contributed by atoms with Gasteiger partial charge in [-0.05, 0) is 19.4 Å². The Morgan fingerprint density at radius 3 is 2.75 bits per heavy atom. The maximum Gasteiger partial charge on any atom is 0.193 e. The molecule has 0 unspecified atom stereocenters. The van der Waals surface area contributed by atoms with Crippen LogP contribution >= 0.6 is 0 Å². The van der Waals surface area contributed by atoms with E-state index in [1.807, 2.05) is 13.1 Å². The fourth-order valence-electron chi connectivity index (χ4n) is 3.35. The van der Waals surface area contributed by atoms with Crippen molar-refractivity contribution in [1.82, 2.24) is 25.2 Å². The molecule has 3 rings (SSSR count). The summed E-state index contributed by atoms with van der Waals surface area (Å²) in [4.78, 5) is 11.8. The van der Waals surface area contributed by atoms with Crippen molar-refractivity contribution in [3.8, 4) is 0 Å². The third kappa shape index (κ3) is 4.70. The van der Waals surface area contributed by atoms with E-state index in [4.69, 9.17) is 4.52 Å². The molecule has 0 aromatic carbocycles. The number of likely N-dealkylation sites (N-methyl/N-ethyl adjacent to an activating group) is 1. The number of guanidine groups is 1. The minimum absolute atomic E-state index is 0.832. The highest BCUT2D eigenvalue weighted by Gasteiger charge is 2.27. The predicted molar refractivity (Wildman–Crippen MR) is 95.0 cm³/mol. The molecule has 1 aromatic heterocycles. The molecule has 7 heteroatoms. The summed E-state index contributed by atoms with van der Waals surface area (Å²) in [5.41, 5.74) is 1.01. The lowest BCUT2D eigenvalue weighted by atomic mass is 10.3. The van der Waals surface area contributed by atoms with E-state index < -0.39 is 0 Å². The van der Waals surface area contributed by atoms with Gasteiger partial charge in [0.1, 0.15) is 6.26 Å². The normalized spacial score (nSPS) is 20.0. The van der Waals surface area contributed by atoms with Crippen LogP contribution in [0.1, 0.15) is 25.5 Å². The summed E-state index contributed by atoms with van der Waals surface area (Å²) in [6, 6.07) is 2.77. The van der Waals surface area contributed by atoms with E-state index in [9.17, 15) is 0 Å². The third-order valence-electron chi connectivity index (χ3n) is 4.91. The van der Waals surface area contributed by atoms with Gasteiger partial charge in [-0.15, -0.1) is 0 Å². The van der Waals surface area contributed by atoms with E-state index in [0.717, 1.165) is 70.1 Å². The Balaban J connectivity index is 1.38. The van der Waals surface area contributed by atoms with Crippen LogP contribution in [0.5, 0.6) is 0 Å². The largest absolute Gasteiger partial charge is 0.364 e. The Hall–Kier alpha value is -1.60. The van der Waals surface area contributed by atoms with Crippen LogP contribution in [-0.4, -0.2) is 84.7 Å². The summed E-state index contributed by atoms with van der Waals surface area (Å²) in [5, 5.41) is 7.53. The van der Waals surface area contributed by atoms with Gasteiger partial charge in [0.05, 0.1) is 5.69 Å². The highest BCUT2D eigenvalue weighted by Crippen LogP contribution is 2.25. The fourth-order valence-corrected chi connectivity index (χ4v) is 3.35. The van der Waals surface area contributed by atoms with Crippen LogP contribution in [0.2, 0.25) is 0 Å². The highest BCUT2D eigenvalue weighted by molar-refractivity contribution is 5.80. The molecule has 2 aliphatic rings. The van der Waals surface area contributed by atoms with Gasteiger partial charge < -0.3 is 14.7 Å². The van der Waals surface area contributed by atoms with Crippen molar-refractivity contribution < 1.29 is 4.52 Å². The maximum atomic E-state index is 4.91. The lowest BCUT2D eigenvalue weighted by Gasteiger charge is -2.36. The molecule has 134 valence electrons. The van der Waals surface area contributed by atoms with Gasteiger partial charge in [0.15, 0.2) is 5.96 Å². The van der Waals surface area contributed by atoms with Crippen LogP contribution in [0.4, 0.5) is 0 Å². The smallest absolute Gasteiger partial charge is 0.193 e. The summed E-state index contributed by atoms with van der Waals surface area (Å²) in [7, 11) is 1.88. The molecule has 7 nitrogen and oxygen atoms in total. The SMILES string of the molecule is CCN(CCNC(=NC)N1CCN(Cc2ccon2)CC1)C1CC1. The number of nitrogens with one attached hydrogen (secondary N) is 1. The van der Waals surface area contributed by atoms with Gasteiger partial charge in [-0.3, -0.25) is 14.8 Å². The van der Waals surface area contributed by atoms with Gasteiger partial charge >= 0.3 is 0 Å². The van der Waals surface area contributed by atoms with E-state index in [0.29, 0.717) is 0 Å². The summed E-state index contributed by atoms with van der Waals surface area (Å²) in [5.74, 6) is 1.03. The molecular formula is C17H30N6O. The lowest BCUT2D eigenvalue weighted by molar-refractivity contribution is 0.168. The van der Waals surface area contributed by atoms with Crippen LogP contribution < -0.4 is 5.32 Å². The van der Waals surface area contributed by atoms with Crippen LogP contribution in [0.25, 0.3) is 0 Å².